The first kappa shape index (κ1) is 9.27. The van der Waals surface area contributed by atoms with E-state index in [4.69, 9.17) is 9.52 Å². The molecular weight excluding hydrogens is 182 g/mol. The monoisotopic (exact) mass is 195 g/mol. The van der Waals surface area contributed by atoms with E-state index >= 15 is 0 Å². The van der Waals surface area contributed by atoms with Gasteiger partial charge in [0.05, 0.1) is 24.0 Å². The van der Waals surface area contributed by atoms with Crippen molar-refractivity contribution >= 4 is 5.91 Å². The van der Waals surface area contributed by atoms with Gasteiger partial charge in [-0.1, -0.05) is 0 Å². The summed E-state index contributed by atoms with van der Waals surface area (Å²) in [4.78, 5) is 11.7. The minimum absolute atomic E-state index is 0.00956. The molecule has 76 valence electrons. The van der Waals surface area contributed by atoms with Gasteiger partial charge in [-0.05, 0) is 25.8 Å². The van der Waals surface area contributed by atoms with E-state index in [1.54, 1.807) is 13.0 Å². The van der Waals surface area contributed by atoms with Crippen molar-refractivity contribution in [2.45, 2.75) is 25.3 Å². The van der Waals surface area contributed by atoms with Crippen LogP contribution in [0.15, 0.2) is 16.7 Å². The molecule has 0 unspecified atom stereocenters. The molecule has 2 N–H and O–H groups in total. The zero-order valence-electron chi connectivity index (χ0n) is 8.04. The van der Waals surface area contributed by atoms with Crippen LogP contribution in [0, 0.1) is 6.92 Å². The average molecular weight is 195 g/mol. The summed E-state index contributed by atoms with van der Waals surface area (Å²) in [5, 5.41) is 11.8. The first-order valence-electron chi connectivity index (χ1n) is 4.64. The minimum Gasteiger partial charge on any atom is -0.469 e. The van der Waals surface area contributed by atoms with Crippen LogP contribution < -0.4 is 5.32 Å². The van der Waals surface area contributed by atoms with Crippen LogP contribution in [0.3, 0.4) is 0 Å². The molecule has 1 aliphatic carbocycles. The molecule has 0 spiro atoms. The first-order valence-corrected chi connectivity index (χ1v) is 4.64. The van der Waals surface area contributed by atoms with Crippen LogP contribution in [0.25, 0.3) is 0 Å². The summed E-state index contributed by atoms with van der Waals surface area (Å²) in [5.74, 6) is 0.444. The highest BCUT2D eigenvalue weighted by atomic mass is 16.3. The van der Waals surface area contributed by atoms with E-state index in [2.05, 4.69) is 5.32 Å². The van der Waals surface area contributed by atoms with Gasteiger partial charge < -0.3 is 14.8 Å². The van der Waals surface area contributed by atoms with E-state index in [1.807, 2.05) is 0 Å². The molecule has 1 aromatic rings. The molecule has 4 nitrogen and oxygen atoms in total. The fraction of sp³-hybridized carbons (Fsp3) is 0.500. The molecule has 0 radical (unpaired) electrons. The van der Waals surface area contributed by atoms with Gasteiger partial charge in [-0.2, -0.15) is 0 Å². The van der Waals surface area contributed by atoms with Gasteiger partial charge in [0.15, 0.2) is 0 Å². The molecule has 0 aliphatic heterocycles. The lowest BCUT2D eigenvalue weighted by molar-refractivity contribution is 0.0905. The number of hydrogen-bond donors (Lipinski definition) is 2. The predicted molar refractivity (Wildman–Crippen MR) is 50.0 cm³/mol. The summed E-state index contributed by atoms with van der Waals surface area (Å²) in [6, 6.07) is 1.64. The van der Waals surface area contributed by atoms with Crippen LogP contribution in [0.4, 0.5) is 0 Å². The van der Waals surface area contributed by atoms with Crippen LogP contribution in [0.5, 0.6) is 0 Å². The third-order valence-electron chi connectivity index (χ3n) is 2.64. The lowest BCUT2D eigenvalue weighted by Gasteiger charge is -2.13. The molecule has 0 atom stereocenters. The van der Waals surface area contributed by atoms with E-state index in [-0.39, 0.29) is 18.1 Å². The molecular formula is C10H13NO3. The standard InChI is InChI=1S/C10H13NO3/c1-7-8(2-5-14-7)9(13)11-10(6-12)3-4-10/h2,5,12H,3-4,6H2,1H3,(H,11,13). The molecule has 14 heavy (non-hydrogen) atoms. The van der Waals surface area contributed by atoms with Crippen molar-refractivity contribution in [3.8, 4) is 0 Å². The Morgan fingerprint density at radius 1 is 1.71 bits per heavy atom. The minimum atomic E-state index is -0.360. The van der Waals surface area contributed by atoms with E-state index in [0.717, 1.165) is 12.8 Å². The van der Waals surface area contributed by atoms with Crippen molar-refractivity contribution in [3.63, 3.8) is 0 Å². The smallest absolute Gasteiger partial charge is 0.255 e. The predicted octanol–water partition coefficient (Wildman–Crippen LogP) is 0.843. The Bertz CT molecular complexity index is 352. The van der Waals surface area contributed by atoms with Crippen molar-refractivity contribution in [2.75, 3.05) is 6.61 Å². The average Bonchev–Trinajstić information content (AvgIpc) is 2.80. The SMILES string of the molecule is Cc1occc1C(=O)NC1(CO)CC1. The molecule has 4 heteroatoms. The highest BCUT2D eigenvalue weighted by Gasteiger charge is 2.43. The quantitative estimate of drug-likeness (QED) is 0.751. The number of rotatable bonds is 3. The number of aryl methyl sites for hydroxylation is 1. The number of carbonyl (C=O) groups excluding carboxylic acids is 1. The fourth-order valence-corrected chi connectivity index (χ4v) is 1.40. The lowest BCUT2D eigenvalue weighted by Crippen LogP contribution is -2.39. The van der Waals surface area contributed by atoms with Crippen LogP contribution in [0.2, 0.25) is 0 Å². The largest absolute Gasteiger partial charge is 0.469 e. The number of nitrogens with one attached hydrogen (secondary N) is 1. The highest BCUT2D eigenvalue weighted by Crippen LogP contribution is 2.34. The summed E-state index contributed by atoms with van der Waals surface area (Å²) < 4.78 is 5.03. The number of hydrogen-bond acceptors (Lipinski definition) is 3. The van der Waals surface area contributed by atoms with Crippen LogP contribution in [-0.2, 0) is 0 Å². The third kappa shape index (κ3) is 1.53. The summed E-state index contributed by atoms with van der Waals surface area (Å²) in [5.41, 5.74) is 0.186. The van der Waals surface area contributed by atoms with Crippen molar-refractivity contribution in [3.05, 3.63) is 23.7 Å². The summed E-state index contributed by atoms with van der Waals surface area (Å²) >= 11 is 0. The van der Waals surface area contributed by atoms with Crippen LogP contribution in [-0.4, -0.2) is 23.2 Å². The van der Waals surface area contributed by atoms with Gasteiger partial charge in [0.25, 0.3) is 5.91 Å². The fourth-order valence-electron chi connectivity index (χ4n) is 1.40. The van der Waals surface area contributed by atoms with Gasteiger partial charge in [0.2, 0.25) is 0 Å². The van der Waals surface area contributed by atoms with Gasteiger partial charge in [-0.15, -0.1) is 0 Å². The Morgan fingerprint density at radius 2 is 2.43 bits per heavy atom. The molecule has 0 bridgehead atoms. The van der Waals surface area contributed by atoms with E-state index < -0.39 is 0 Å². The Hall–Kier alpha value is -1.29. The van der Waals surface area contributed by atoms with Gasteiger partial charge in [-0.3, -0.25) is 4.79 Å². The Kier molecular flexibility index (Phi) is 2.07. The van der Waals surface area contributed by atoms with Crippen LogP contribution in [0.1, 0.15) is 29.0 Å². The summed E-state index contributed by atoms with van der Waals surface area (Å²) in [6.07, 6.45) is 3.20. The molecule has 1 heterocycles. The van der Waals surface area contributed by atoms with Crippen molar-refractivity contribution in [1.82, 2.24) is 5.32 Å². The van der Waals surface area contributed by atoms with E-state index in [0.29, 0.717) is 11.3 Å². The summed E-state index contributed by atoms with van der Waals surface area (Å²) in [7, 11) is 0. The van der Waals surface area contributed by atoms with Gasteiger partial charge >= 0.3 is 0 Å². The first-order chi connectivity index (χ1) is 6.67. The molecule has 0 aromatic carbocycles. The second-order valence-corrected chi connectivity index (χ2v) is 3.78. The second-order valence-electron chi connectivity index (χ2n) is 3.78. The van der Waals surface area contributed by atoms with E-state index in [9.17, 15) is 4.79 Å². The normalized spacial score (nSPS) is 17.9. The van der Waals surface area contributed by atoms with E-state index in [1.165, 1.54) is 6.26 Å². The van der Waals surface area contributed by atoms with Crippen molar-refractivity contribution in [2.24, 2.45) is 0 Å². The molecule has 1 amide bonds. The molecule has 0 saturated heterocycles. The maximum absolute atomic E-state index is 11.7. The van der Waals surface area contributed by atoms with Crippen molar-refractivity contribution < 1.29 is 14.3 Å². The second kappa shape index (κ2) is 3.13. The number of aliphatic hydroxyl groups is 1. The Morgan fingerprint density at radius 3 is 2.86 bits per heavy atom. The van der Waals surface area contributed by atoms with Crippen LogP contribution >= 0.6 is 0 Å². The Labute approximate surface area is 81.9 Å². The molecule has 1 aromatic heterocycles. The number of carbonyl (C=O) groups is 1. The summed E-state index contributed by atoms with van der Waals surface area (Å²) in [6.45, 7) is 1.75. The molecule has 1 saturated carbocycles. The zero-order valence-corrected chi connectivity index (χ0v) is 8.04. The maximum atomic E-state index is 11.7. The number of amides is 1. The molecule has 1 fully saturated rings. The lowest BCUT2D eigenvalue weighted by atomic mass is 10.2. The highest BCUT2D eigenvalue weighted by molar-refractivity contribution is 5.95. The molecule has 2 rings (SSSR count). The zero-order chi connectivity index (χ0) is 10.2. The Balaban J connectivity index is 2.07. The third-order valence-corrected chi connectivity index (χ3v) is 2.64. The topological polar surface area (TPSA) is 62.5 Å². The van der Waals surface area contributed by atoms with Crippen molar-refractivity contribution in [1.29, 1.82) is 0 Å². The van der Waals surface area contributed by atoms with Gasteiger partial charge in [-0.25, -0.2) is 0 Å². The van der Waals surface area contributed by atoms with Gasteiger partial charge in [0.1, 0.15) is 5.76 Å². The maximum Gasteiger partial charge on any atom is 0.255 e. The number of aliphatic hydroxyl groups excluding tert-OH is 1. The number of furan rings is 1. The van der Waals surface area contributed by atoms with Gasteiger partial charge in [0, 0.05) is 0 Å². The molecule has 1 aliphatic rings.